The summed E-state index contributed by atoms with van der Waals surface area (Å²) in [6.45, 7) is 0. The van der Waals surface area contributed by atoms with E-state index >= 15 is 0 Å². The number of carbonyl (C=O) groups is 1. The number of aromatic nitrogens is 4. The van der Waals surface area contributed by atoms with Gasteiger partial charge in [-0.15, -0.1) is 21.5 Å². The van der Waals surface area contributed by atoms with Gasteiger partial charge in [0.1, 0.15) is 5.82 Å². The van der Waals surface area contributed by atoms with Gasteiger partial charge in [0.05, 0.1) is 5.75 Å². The van der Waals surface area contributed by atoms with Crippen LogP contribution in [0.3, 0.4) is 0 Å². The number of amides is 1. The Morgan fingerprint density at radius 3 is 2.41 bits per heavy atom. The van der Waals surface area contributed by atoms with Gasteiger partial charge >= 0.3 is 0 Å². The maximum absolute atomic E-state index is 12.9. The molecule has 192 valence electrons. The van der Waals surface area contributed by atoms with E-state index in [1.165, 1.54) is 39.4 Å². The number of carbonyl (C=O) groups excluding carboxylic acids is 1. The second-order valence-electron chi connectivity index (χ2n) is 9.02. The van der Waals surface area contributed by atoms with E-state index < -0.39 is 0 Å². The third kappa shape index (κ3) is 5.92. The Morgan fingerprint density at radius 1 is 0.821 bits per heavy atom. The zero-order chi connectivity index (χ0) is 26.4. The summed E-state index contributed by atoms with van der Waals surface area (Å²) >= 11 is 2.87. The zero-order valence-corrected chi connectivity index (χ0v) is 22.7. The van der Waals surface area contributed by atoms with E-state index in [0.717, 1.165) is 28.4 Å². The van der Waals surface area contributed by atoms with E-state index in [9.17, 15) is 4.79 Å². The minimum atomic E-state index is -0.127. The van der Waals surface area contributed by atoms with Crippen molar-refractivity contribution in [2.75, 3.05) is 11.1 Å². The van der Waals surface area contributed by atoms with Crippen LogP contribution in [0.4, 0.5) is 5.13 Å². The van der Waals surface area contributed by atoms with Crippen LogP contribution in [0, 0.1) is 0 Å². The van der Waals surface area contributed by atoms with Crippen molar-refractivity contribution in [3.63, 3.8) is 0 Å². The number of nitrogens with zero attached hydrogens (tertiary/aromatic N) is 4. The first-order valence-electron chi connectivity index (χ1n) is 12.6. The largest absolute Gasteiger partial charge is 0.301 e. The molecule has 0 radical (unpaired) electrons. The first kappa shape index (κ1) is 25.0. The molecule has 6 aromatic rings. The van der Waals surface area contributed by atoms with Crippen molar-refractivity contribution in [1.29, 1.82) is 0 Å². The fourth-order valence-corrected chi connectivity index (χ4v) is 6.11. The lowest BCUT2D eigenvalue weighted by atomic mass is 10.0. The summed E-state index contributed by atoms with van der Waals surface area (Å²) in [4.78, 5) is 18.4. The van der Waals surface area contributed by atoms with Gasteiger partial charge in [0.2, 0.25) is 5.91 Å². The Kier molecular flexibility index (Phi) is 7.47. The first-order valence-corrected chi connectivity index (χ1v) is 14.4. The molecule has 0 spiro atoms. The third-order valence-corrected chi connectivity index (χ3v) is 8.14. The predicted molar refractivity (Wildman–Crippen MR) is 159 cm³/mol. The molecule has 0 bridgehead atoms. The summed E-state index contributed by atoms with van der Waals surface area (Å²) in [5.74, 6) is 0.903. The van der Waals surface area contributed by atoms with Crippen molar-refractivity contribution in [1.82, 2.24) is 19.7 Å². The number of thiazole rings is 1. The molecule has 1 N–H and O–H groups in total. The number of fused-ring (bicyclic) bond motifs is 1. The van der Waals surface area contributed by atoms with Gasteiger partial charge in [-0.2, -0.15) is 0 Å². The quantitative estimate of drug-likeness (QED) is 0.202. The van der Waals surface area contributed by atoms with Crippen molar-refractivity contribution < 1.29 is 4.79 Å². The smallest absolute Gasteiger partial charge is 0.236 e. The number of para-hydroxylation sites is 1. The second kappa shape index (κ2) is 11.6. The Morgan fingerprint density at radius 2 is 1.56 bits per heavy atom. The lowest BCUT2D eigenvalue weighted by Gasteiger charge is -2.10. The monoisotopic (exact) mass is 547 g/mol. The van der Waals surface area contributed by atoms with Crippen molar-refractivity contribution in [2.45, 2.75) is 18.0 Å². The summed E-state index contributed by atoms with van der Waals surface area (Å²) in [6, 6.07) is 34.9. The minimum Gasteiger partial charge on any atom is -0.301 e. The molecule has 0 atom stereocenters. The van der Waals surface area contributed by atoms with Crippen LogP contribution < -0.4 is 5.32 Å². The van der Waals surface area contributed by atoms with Gasteiger partial charge < -0.3 is 5.32 Å². The Labute approximate surface area is 234 Å². The standard InChI is InChI=1S/C31H25N5OS2/c37-29(33-30-32-20-26(39-30)19-24-14-9-13-23-12-7-8-17-27(23)24)21-38-31-35-34-28(18-22-10-3-1-4-11-22)36(31)25-15-5-2-6-16-25/h1-17,20H,18-19,21H2,(H,32,33,37). The van der Waals surface area contributed by atoms with Crippen molar-refractivity contribution in [2.24, 2.45) is 0 Å². The lowest BCUT2D eigenvalue weighted by Crippen LogP contribution is -2.14. The number of rotatable bonds is 9. The fraction of sp³-hybridized carbons (Fsp3) is 0.0968. The molecular weight excluding hydrogens is 523 g/mol. The van der Waals surface area contributed by atoms with Crippen LogP contribution in [0.5, 0.6) is 0 Å². The van der Waals surface area contributed by atoms with Crippen LogP contribution in [-0.4, -0.2) is 31.4 Å². The molecule has 0 aliphatic carbocycles. The first-order chi connectivity index (χ1) is 19.2. The van der Waals surface area contributed by atoms with Crippen molar-refractivity contribution in [3.8, 4) is 5.69 Å². The SMILES string of the molecule is O=C(CSc1nnc(Cc2ccccc2)n1-c1ccccc1)Nc1ncc(Cc2cccc3ccccc23)s1. The molecule has 0 unspecified atom stereocenters. The van der Waals surface area contributed by atoms with Crippen LogP contribution in [0.25, 0.3) is 16.5 Å². The maximum atomic E-state index is 12.9. The third-order valence-electron chi connectivity index (χ3n) is 6.30. The van der Waals surface area contributed by atoms with Gasteiger partial charge in [0.25, 0.3) is 0 Å². The number of anilines is 1. The maximum Gasteiger partial charge on any atom is 0.236 e. The Hall–Kier alpha value is -4.27. The molecule has 2 heterocycles. The topological polar surface area (TPSA) is 72.7 Å². The molecule has 0 saturated heterocycles. The van der Waals surface area contributed by atoms with Crippen LogP contribution in [0.15, 0.2) is 114 Å². The highest BCUT2D eigenvalue weighted by atomic mass is 32.2. The molecule has 6 rings (SSSR count). The molecule has 1 amide bonds. The molecule has 2 aromatic heterocycles. The van der Waals surface area contributed by atoms with E-state index in [-0.39, 0.29) is 11.7 Å². The zero-order valence-electron chi connectivity index (χ0n) is 21.0. The molecule has 8 heteroatoms. The van der Waals surface area contributed by atoms with Gasteiger partial charge in [-0.05, 0) is 34.0 Å². The summed E-state index contributed by atoms with van der Waals surface area (Å²) in [6.07, 6.45) is 3.26. The van der Waals surface area contributed by atoms with E-state index in [2.05, 4.69) is 75.1 Å². The molecule has 0 fully saturated rings. The van der Waals surface area contributed by atoms with Crippen LogP contribution in [0.2, 0.25) is 0 Å². The normalized spacial score (nSPS) is 11.1. The van der Waals surface area contributed by atoms with Crippen LogP contribution in [-0.2, 0) is 17.6 Å². The van der Waals surface area contributed by atoms with Crippen molar-refractivity contribution in [3.05, 3.63) is 131 Å². The molecule has 4 aromatic carbocycles. The average molecular weight is 548 g/mol. The highest BCUT2D eigenvalue weighted by Gasteiger charge is 2.17. The highest BCUT2D eigenvalue weighted by molar-refractivity contribution is 7.99. The summed E-state index contributed by atoms with van der Waals surface area (Å²) in [5.41, 5.74) is 3.37. The second-order valence-corrected chi connectivity index (χ2v) is 11.1. The summed E-state index contributed by atoms with van der Waals surface area (Å²) in [7, 11) is 0. The molecule has 0 saturated carbocycles. The number of hydrogen-bond donors (Lipinski definition) is 1. The highest BCUT2D eigenvalue weighted by Crippen LogP contribution is 2.27. The average Bonchev–Trinajstić information content (AvgIpc) is 3.59. The fourth-order valence-electron chi connectivity index (χ4n) is 4.49. The Balaban J connectivity index is 1.13. The molecule has 0 aliphatic rings. The molecule has 39 heavy (non-hydrogen) atoms. The minimum absolute atomic E-state index is 0.127. The summed E-state index contributed by atoms with van der Waals surface area (Å²) in [5, 5.41) is 15.6. The van der Waals surface area contributed by atoms with E-state index in [4.69, 9.17) is 0 Å². The number of benzene rings is 4. The molecule has 0 aliphatic heterocycles. The van der Waals surface area contributed by atoms with Gasteiger partial charge in [-0.3, -0.25) is 9.36 Å². The van der Waals surface area contributed by atoms with E-state index in [1.807, 2.05) is 59.3 Å². The van der Waals surface area contributed by atoms with Gasteiger partial charge in [0, 0.05) is 29.6 Å². The van der Waals surface area contributed by atoms with Gasteiger partial charge in [-0.25, -0.2) is 4.98 Å². The number of hydrogen-bond acceptors (Lipinski definition) is 6. The molecular formula is C31H25N5OS2. The van der Waals surface area contributed by atoms with Gasteiger partial charge in [0.15, 0.2) is 10.3 Å². The predicted octanol–water partition coefficient (Wildman–Crippen LogP) is 6.79. The Bertz CT molecular complexity index is 1710. The van der Waals surface area contributed by atoms with Crippen molar-refractivity contribution >= 4 is 44.9 Å². The van der Waals surface area contributed by atoms with E-state index in [0.29, 0.717) is 16.7 Å². The van der Waals surface area contributed by atoms with E-state index in [1.54, 1.807) is 0 Å². The van der Waals surface area contributed by atoms with Crippen LogP contribution >= 0.6 is 23.1 Å². The van der Waals surface area contributed by atoms with Crippen LogP contribution in [0.1, 0.15) is 21.8 Å². The lowest BCUT2D eigenvalue weighted by molar-refractivity contribution is -0.113. The number of nitrogens with one attached hydrogen (secondary N) is 1. The molecule has 6 nitrogen and oxygen atoms in total. The number of thioether (sulfide) groups is 1. The van der Waals surface area contributed by atoms with Gasteiger partial charge in [-0.1, -0.05) is 103 Å². The summed E-state index contributed by atoms with van der Waals surface area (Å²) < 4.78 is 2.02.